The van der Waals surface area contributed by atoms with Gasteiger partial charge in [0.05, 0.1) is 5.52 Å². The SMILES string of the molecule is Cc1cnc(Nc2cc(C)c(OC(F)F)c(C)c2)nc1Nc1ccc2oc(=O)[nH]c2c1. The summed E-state index contributed by atoms with van der Waals surface area (Å²) in [6, 6.07) is 8.56. The van der Waals surface area contributed by atoms with Gasteiger partial charge in [-0.05, 0) is 62.2 Å². The van der Waals surface area contributed by atoms with E-state index < -0.39 is 12.4 Å². The number of hydrogen-bond acceptors (Lipinski definition) is 7. The van der Waals surface area contributed by atoms with Crippen molar-refractivity contribution < 1.29 is 17.9 Å². The van der Waals surface area contributed by atoms with Gasteiger partial charge in [0.1, 0.15) is 11.6 Å². The van der Waals surface area contributed by atoms with E-state index in [-0.39, 0.29) is 5.75 Å². The molecule has 0 saturated heterocycles. The molecule has 2 aromatic heterocycles. The van der Waals surface area contributed by atoms with Crippen molar-refractivity contribution in [1.82, 2.24) is 15.0 Å². The van der Waals surface area contributed by atoms with Gasteiger partial charge in [-0.15, -0.1) is 0 Å². The average Bonchev–Trinajstić information content (AvgIpc) is 3.06. The fourth-order valence-electron chi connectivity index (χ4n) is 3.22. The van der Waals surface area contributed by atoms with Gasteiger partial charge >= 0.3 is 12.4 Å². The second kappa shape index (κ2) is 8.05. The number of aromatic nitrogens is 3. The summed E-state index contributed by atoms with van der Waals surface area (Å²) in [4.78, 5) is 22.7. The molecule has 10 heteroatoms. The molecule has 0 bridgehead atoms. The highest BCUT2D eigenvalue weighted by atomic mass is 19.3. The van der Waals surface area contributed by atoms with Crippen molar-refractivity contribution in [2.24, 2.45) is 0 Å². The van der Waals surface area contributed by atoms with Gasteiger partial charge in [-0.25, -0.2) is 9.78 Å². The molecule has 4 rings (SSSR count). The number of aryl methyl sites for hydroxylation is 3. The molecule has 31 heavy (non-hydrogen) atoms. The molecule has 0 aliphatic rings. The quantitative estimate of drug-likeness (QED) is 0.401. The summed E-state index contributed by atoms with van der Waals surface area (Å²) in [5, 5.41) is 6.28. The Bertz CT molecular complexity index is 1290. The predicted molar refractivity (Wildman–Crippen MR) is 113 cm³/mol. The van der Waals surface area contributed by atoms with Crippen LogP contribution >= 0.6 is 0 Å². The topological polar surface area (TPSA) is 105 Å². The number of nitrogens with one attached hydrogen (secondary N) is 3. The number of halogens is 2. The Morgan fingerprint density at radius 1 is 1.03 bits per heavy atom. The third-order valence-corrected chi connectivity index (χ3v) is 4.58. The lowest BCUT2D eigenvalue weighted by Gasteiger charge is -2.15. The van der Waals surface area contributed by atoms with Gasteiger partial charge in [0.15, 0.2) is 5.58 Å². The zero-order valence-electron chi connectivity index (χ0n) is 16.9. The molecule has 0 aliphatic carbocycles. The van der Waals surface area contributed by atoms with Crippen molar-refractivity contribution in [3.8, 4) is 5.75 Å². The Balaban J connectivity index is 1.58. The lowest BCUT2D eigenvalue weighted by molar-refractivity contribution is -0.0507. The number of ether oxygens (including phenoxy) is 1. The van der Waals surface area contributed by atoms with Crippen LogP contribution in [0.1, 0.15) is 16.7 Å². The molecular formula is C21H19F2N5O3. The van der Waals surface area contributed by atoms with Crippen LogP contribution in [0.3, 0.4) is 0 Å². The zero-order valence-corrected chi connectivity index (χ0v) is 16.9. The van der Waals surface area contributed by atoms with Crippen molar-refractivity contribution in [3.63, 3.8) is 0 Å². The maximum atomic E-state index is 12.6. The van der Waals surface area contributed by atoms with Gasteiger partial charge in [-0.1, -0.05) is 0 Å². The first-order valence-electron chi connectivity index (χ1n) is 9.35. The number of alkyl halides is 2. The first-order valence-corrected chi connectivity index (χ1v) is 9.35. The Labute approximate surface area is 175 Å². The van der Waals surface area contributed by atoms with E-state index in [1.165, 1.54) is 0 Å². The van der Waals surface area contributed by atoms with Crippen LogP contribution in [0.25, 0.3) is 11.1 Å². The summed E-state index contributed by atoms with van der Waals surface area (Å²) in [7, 11) is 0. The standard InChI is InChI=1S/C21H19F2N5O3/c1-10-6-14(7-11(2)17(10)31-19(22)23)26-20-24-9-12(3)18(28-20)25-13-4-5-16-15(8-13)27-21(29)30-16/h4-9,19H,1-3H3,(H,27,29)(H2,24,25,26,28). The zero-order chi connectivity index (χ0) is 22.1. The molecule has 0 unspecified atom stereocenters. The first-order chi connectivity index (χ1) is 14.8. The van der Waals surface area contributed by atoms with Crippen molar-refractivity contribution in [1.29, 1.82) is 0 Å². The molecule has 0 fully saturated rings. The summed E-state index contributed by atoms with van der Waals surface area (Å²) in [5.41, 5.74) is 4.31. The van der Waals surface area contributed by atoms with Crippen molar-refractivity contribution in [2.45, 2.75) is 27.4 Å². The number of aromatic amines is 1. The minimum Gasteiger partial charge on any atom is -0.434 e. The van der Waals surface area contributed by atoms with E-state index in [2.05, 4.69) is 30.3 Å². The molecule has 3 N–H and O–H groups in total. The van der Waals surface area contributed by atoms with Gasteiger partial charge in [0, 0.05) is 23.1 Å². The van der Waals surface area contributed by atoms with E-state index in [4.69, 9.17) is 4.42 Å². The maximum Gasteiger partial charge on any atom is 0.417 e. The molecule has 160 valence electrons. The van der Waals surface area contributed by atoms with Gasteiger partial charge in [0.2, 0.25) is 5.95 Å². The number of anilines is 4. The molecule has 8 nitrogen and oxygen atoms in total. The van der Waals surface area contributed by atoms with Crippen molar-refractivity contribution in [3.05, 3.63) is 63.8 Å². The van der Waals surface area contributed by atoms with Crippen LogP contribution in [0.4, 0.5) is 31.9 Å². The second-order valence-corrected chi connectivity index (χ2v) is 7.02. The number of oxazole rings is 1. The fraction of sp³-hybridized carbons (Fsp3) is 0.190. The van der Waals surface area contributed by atoms with Crippen molar-refractivity contribution in [2.75, 3.05) is 10.6 Å². The Morgan fingerprint density at radius 2 is 1.77 bits per heavy atom. The molecule has 2 aromatic carbocycles. The number of H-pyrrole nitrogens is 1. The largest absolute Gasteiger partial charge is 0.434 e. The van der Waals surface area contributed by atoms with Crippen LogP contribution in [0.5, 0.6) is 5.75 Å². The minimum atomic E-state index is -2.88. The van der Waals surface area contributed by atoms with Gasteiger partial charge in [0.25, 0.3) is 0 Å². The molecule has 4 aromatic rings. The van der Waals surface area contributed by atoms with E-state index >= 15 is 0 Å². The van der Waals surface area contributed by atoms with E-state index in [1.54, 1.807) is 50.4 Å². The van der Waals surface area contributed by atoms with E-state index in [0.29, 0.717) is 45.4 Å². The molecule has 0 atom stereocenters. The van der Waals surface area contributed by atoms with Crippen LogP contribution in [-0.4, -0.2) is 21.6 Å². The predicted octanol–water partition coefficient (Wildman–Crippen LogP) is 4.92. The molecular weight excluding hydrogens is 408 g/mol. The normalized spacial score (nSPS) is 11.2. The van der Waals surface area contributed by atoms with Crippen molar-refractivity contribution >= 4 is 34.2 Å². The molecule has 0 aliphatic heterocycles. The van der Waals surface area contributed by atoms with Gasteiger partial charge in [-0.3, -0.25) is 4.98 Å². The summed E-state index contributed by atoms with van der Waals surface area (Å²) in [5.74, 6) is 0.522. The Morgan fingerprint density at radius 3 is 2.48 bits per heavy atom. The highest BCUT2D eigenvalue weighted by Gasteiger charge is 2.13. The fourth-order valence-corrected chi connectivity index (χ4v) is 3.22. The lowest BCUT2D eigenvalue weighted by atomic mass is 10.1. The summed E-state index contributed by atoms with van der Waals surface area (Å²) in [6.07, 6.45) is 1.66. The third kappa shape index (κ3) is 4.47. The summed E-state index contributed by atoms with van der Waals surface area (Å²) >= 11 is 0. The molecule has 0 spiro atoms. The number of hydrogen-bond donors (Lipinski definition) is 3. The monoisotopic (exact) mass is 427 g/mol. The average molecular weight is 427 g/mol. The van der Waals surface area contributed by atoms with Crippen LogP contribution < -0.4 is 21.1 Å². The second-order valence-electron chi connectivity index (χ2n) is 7.02. The summed E-state index contributed by atoms with van der Waals surface area (Å²) in [6.45, 7) is 2.35. The number of nitrogens with zero attached hydrogens (tertiary/aromatic N) is 2. The van der Waals surface area contributed by atoms with Crippen LogP contribution in [0.15, 0.2) is 45.7 Å². The number of fused-ring (bicyclic) bond motifs is 1. The Kier molecular flexibility index (Phi) is 5.28. The maximum absolute atomic E-state index is 12.6. The minimum absolute atomic E-state index is 0.153. The smallest absolute Gasteiger partial charge is 0.417 e. The van der Waals surface area contributed by atoms with E-state index in [0.717, 1.165) is 5.56 Å². The Hall–Kier alpha value is -3.95. The van der Waals surface area contributed by atoms with Gasteiger partial charge in [-0.2, -0.15) is 13.8 Å². The molecule has 2 heterocycles. The molecule has 0 radical (unpaired) electrons. The third-order valence-electron chi connectivity index (χ3n) is 4.58. The van der Waals surface area contributed by atoms with Gasteiger partial charge < -0.3 is 19.8 Å². The van der Waals surface area contributed by atoms with Crippen LogP contribution in [-0.2, 0) is 0 Å². The van der Waals surface area contributed by atoms with Crippen LogP contribution in [0.2, 0.25) is 0 Å². The number of rotatable bonds is 6. The first kappa shape index (κ1) is 20.3. The lowest BCUT2D eigenvalue weighted by Crippen LogP contribution is -2.06. The highest BCUT2D eigenvalue weighted by Crippen LogP contribution is 2.30. The molecule has 0 amide bonds. The molecule has 0 saturated carbocycles. The van der Waals surface area contributed by atoms with E-state index in [1.807, 2.05) is 6.92 Å². The van der Waals surface area contributed by atoms with E-state index in [9.17, 15) is 13.6 Å². The highest BCUT2D eigenvalue weighted by molar-refractivity contribution is 5.78. The number of benzene rings is 2. The summed E-state index contributed by atoms with van der Waals surface area (Å²) < 4.78 is 34.8. The van der Waals surface area contributed by atoms with Crippen LogP contribution in [0, 0.1) is 20.8 Å².